The molecule has 8 heteroatoms. The summed E-state index contributed by atoms with van der Waals surface area (Å²) in [4.78, 5) is 15.0. The van der Waals surface area contributed by atoms with Crippen molar-refractivity contribution in [2.45, 2.75) is 50.2 Å². The van der Waals surface area contributed by atoms with E-state index in [4.69, 9.17) is 10.5 Å². The van der Waals surface area contributed by atoms with Crippen LogP contribution < -0.4 is 10.5 Å². The molecule has 1 unspecified atom stereocenters. The Morgan fingerprint density at radius 3 is 2.48 bits per heavy atom. The zero-order valence-corrected chi connectivity index (χ0v) is 16.3. The maximum Gasteiger partial charge on any atom is 0.276 e. The molecule has 2 bridgehead atoms. The van der Waals surface area contributed by atoms with E-state index in [1.807, 2.05) is 12.1 Å². The van der Waals surface area contributed by atoms with Gasteiger partial charge in [0, 0.05) is 18.6 Å². The minimum Gasteiger partial charge on any atom is -0.497 e. The Bertz CT molecular complexity index is 765. The molecule has 1 aromatic heterocycles. The quantitative estimate of drug-likeness (QED) is 0.844. The monoisotopic (exact) mass is 391 g/mol. The summed E-state index contributed by atoms with van der Waals surface area (Å²) in [6.45, 7) is 1.06. The van der Waals surface area contributed by atoms with E-state index in [-0.39, 0.29) is 30.4 Å². The average Bonchev–Trinajstić information content (AvgIpc) is 3.24. The lowest BCUT2D eigenvalue weighted by Crippen LogP contribution is -2.46. The van der Waals surface area contributed by atoms with Crippen molar-refractivity contribution in [3.8, 4) is 5.75 Å². The predicted molar refractivity (Wildman–Crippen MR) is 104 cm³/mol. The molecule has 4 rings (SSSR count). The Balaban J connectivity index is 0.00000210. The molecule has 2 aliphatic rings. The summed E-state index contributed by atoms with van der Waals surface area (Å²) in [5.74, 6) is 1.38. The summed E-state index contributed by atoms with van der Waals surface area (Å²) in [5.41, 5.74) is 7.31. The molecule has 0 radical (unpaired) electrons. The Morgan fingerprint density at radius 2 is 1.89 bits per heavy atom. The van der Waals surface area contributed by atoms with Crippen LogP contribution in [-0.4, -0.2) is 51.5 Å². The molecule has 0 spiro atoms. The van der Waals surface area contributed by atoms with Crippen molar-refractivity contribution in [3.63, 3.8) is 0 Å². The van der Waals surface area contributed by atoms with E-state index < -0.39 is 0 Å². The number of carbonyl (C=O) groups is 1. The number of benzene rings is 1. The summed E-state index contributed by atoms with van der Waals surface area (Å²) in [6.07, 6.45) is 5.86. The molecule has 0 aliphatic carbocycles. The van der Waals surface area contributed by atoms with Crippen LogP contribution in [0.2, 0.25) is 0 Å². The standard InChI is InChI=1S/C19H25N5O2.ClH/c1-26-17-6-2-13(3-7-17)14-10-15-4-5-16(11-14)24(15)19(25)18-12-23(9-8-20)22-21-18;/h2-3,6-7,12,14-16H,4-5,8-11,20H2,1H3;1H/t14?,15-,16+;. The number of amides is 1. The fraction of sp³-hybridized carbons (Fsp3) is 0.526. The fourth-order valence-corrected chi connectivity index (χ4v) is 4.43. The van der Waals surface area contributed by atoms with Crippen molar-refractivity contribution in [2.75, 3.05) is 13.7 Å². The zero-order valence-electron chi connectivity index (χ0n) is 15.5. The summed E-state index contributed by atoms with van der Waals surface area (Å²) in [6, 6.07) is 8.91. The van der Waals surface area contributed by atoms with Crippen LogP contribution in [0.15, 0.2) is 30.5 Å². The van der Waals surface area contributed by atoms with Crippen molar-refractivity contribution < 1.29 is 9.53 Å². The van der Waals surface area contributed by atoms with Gasteiger partial charge in [0.2, 0.25) is 0 Å². The first-order chi connectivity index (χ1) is 12.7. The van der Waals surface area contributed by atoms with Gasteiger partial charge in [-0.25, -0.2) is 0 Å². The highest BCUT2D eigenvalue weighted by Gasteiger charge is 2.44. The second-order valence-corrected chi connectivity index (χ2v) is 7.19. The van der Waals surface area contributed by atoms with Crippen LogP contribution in [0.4, 0.5) is 0 Å². The normalized spacial score (nSPS) is 23.8. The van der Waals surface area contributed by atoms with Crippen LogP contribution in [0.1, 0.15) is 47.7 Å². The van der Waals surface area contributed by atoms with Crippen LogP contribution in [-0.2, 0) is 6.54 Å². The number of carbonyl (C=O) groups excluding carboxylic acids is 1. The smallest absolute Gasteiger partial charge is 0.276 e. The summed E-state index contributed by atoms with van der Waals surface area (Å²) >= 11 is 0. The van der Waals surface area contributed by atoms with Gasteiger partial charge in [0.05, 0.1) is 19.9 Å². The number of aromatic nitrogens is 3. The summed E-state index contributed by atoms with van der Waals surface area (Å²) in [7, 11) is 1.68. The zero-order chi connectivity index (χ0) is 18.1. The lowest BCUT2D eigenvalue weighted by Gasteiger charge is -2.38. The average molecular weight is 392 g/mol. The van der Waals surface area contributed by atoms with Gasteiger partial charge in [-0.1, -0.05) is 17.3 Å². The van der Waals surface area contributed by atoms with Gasteiger partial charge < -0.3 is 15.4 Å². The molecule has 2 saturated heterocycles. The van der Waals surface area contributed by atoms with E-state index in [1.165, 1.54) is 5.56 Å². The first kappa shape index (κ1) is 19.6. The van der Waals surface area contributed by atoms with Crippen LogP contribution in [0, 0.1) is 0 Å². The second-order valence-electron chi connectivity index (χ2n) is 7.19. The van der Waals surface area contributed by atoms with Gasteiger partial charge in [-0.3, -0.25) is 9.48 Å². The molecule has 3 atom stereocenters. The van der Waals surface area contributed by atoms with E-state index in [9.17, 15) is 4.79 Å². The van der Waals surface area contributed by atoms with Crippen molar-refractivity contribution in [1.29, 1.82) is 0 Å². The molecule has 1 aromatic carbocycles. The lowest BCUT2D eigenvalue weighted by molar-refractivity contribution is 0.0565. The highest BCUT2D eigenvalue weighted by molar-refractivity contribution is 5.92. The SMILES string of the molecule is COc1ccc(C2C[C@H]3CC[C@@H](C2)N3C(=O)c2cn(CCN)nn2)cc1.Cl. The number of fused-ring (bicyclic) bond motifs is 2. The topological polar surface area (TPSA) is 86.3 Å². The van der Waals surface area contributed by atoms with Gasteiger partial charge in [-0.15, -0.1) is 17.5 Å². The van der Waals surface area contributed by atoms with E-state index in [0.717, 1.165) is 31.4 Å². The highest BCUT2D eigenvalue weighted by atomic mass is 35.5. The van der Waals surface area contributed by atoms with Crippen molar-refractivity contribution >= 4 is 18.3 Å². The van der Waals surface area contributed by atoms with Crippen molar-refractivity contribution in [1.82, 2.24) is 19.9 Å². The van der Waals surface area contributed by atoms with E-state index >= 15 is 0 Å². The number of halogens is 1. The van der Waals surface area contributed by atoms with Gasteiger partial charge in [0.1, 0.15) is 5.75 Å². The molecule has 146 valence electrons. The van der Waals surface area contributed by atoms with Crippen LogP contribution >= 0.6 is 12.4 Å². The third-order valence-electron chi connectivity index (χ3n) is 5.67. The van der Waals surface area contributed by atoms with Crippen LogP contribution in [0.25, 0.3) is 0 Å². The maximum atomic E-state index is 13.0. The second kappa shape index (κ2) is 8.27. The molecule has 27 heavy (non-hydrogen) atoms. The highest BCUT2D eigenvalue weighted by Crippen LogP contribution is 2.43. The van der Waals surface area contributed by atoms with Gasteiger partial charge in [0.25, 0.3) is 5.91 Å². The minimum atomic E-state index is 0. The number of ether oxygens (including phenoxy) is 1. The van der Waals surface area contributed by atoms with E-state index in [2.05, 4.69) is 27.3 Å². The number of nitrogens with zero attached hydrogens (tertiary/aromatic N) is 4. The fourth-order valence-electron chi connectivity index (χ4n) is 4.43. The van der Waals surface area contributed by atoms with Crippen LogP contribution in [0.5, 0.6) is 5.75 Å². The van der Waals surface area contributed by atoms with Crippen molar-refractivity contribution in [2.24, 2.45) is 5.73 Å². The van der Waals surface area contributed by atoms with Crippen LogP contribution in [0.3, 0.4) is 0 Å². The van der Waals surface area contributed by atoms with Gasteiger partial charge in [-0.2, -0.15) is 0 Å². The van der Waals surface area contributed by atoms with Gasteiger partial charge in [0.15, 0.2) is 5.69 Å². The molecule has 2 N–H and O–H groups in total. The molecule has 1 amide bonds. The Kier molecular flexibility index (Phi) is 6.01. The number of nitrogens with two attached hydrogens (primary N) is 1. The number of hydrogen-bond donors (Lipinski definition) is 1. The molecular weight excluding hydrogens is 366 g/mol. The largest absolute Gasteiger partial charge is 0.497 e. The number of rotatable bonds is 5. The number of methoxy groups -OCH3 is 1. The first-order valence-corrected chi connectivity index (χ1v) is 9.26. The molecule has 2 aliphatic heterocycles. The number of hydrogen-bond acceptors (Lipinski definition) is 5. The third-order valence-corrected chi connectivity index (χ3v) is 5.67. The Hall–Kier alpha value is -2.12. The van der Waals surface area contributed by atoms with Crippen molar-refractivity contribution in [3.05, 3.63) is 41.7 Å². The minimum absolute atomic E-state index is 0. The summed E-state index contributed by atoms with van der Waals surface area (Å²) < 4.78 is 6.89. The Morgan fingerprint density at radius 1 is 1.22 bits per heavy atom. The molecular formula is C19H26ClN5O2. The first-order valence-electron chi connectivity index (χ1n) is 9.26. The lowest BCUT2D eigenvalue weighted by atomic mass is 9.85. The molecule has 7 nitrogen and oxygen atoms in total. The molecule has 0 saturated carbocycles. The molecule has 2 fully saturated rings. The molecule has 3 heterocycles. The molecule has 2 aromatic rings. The number of piperidine rings is 1. The maximum absolute atomic E-state index is 13.0. The summed E-state index contributed by atoms with van der Waals surface area (Å²) in [5, 5.41) is 8.05. The predicted octanol–water partition coefficient (Wildman–Crippen LogP) is 2.22. The van der Waals surface area contributed by atoms with E-state index in [1.54, 1.807) is 18.0 Å². The Labute approximate surface area is 165 Å². The van der Waals surface area contributed by atoms with E-state index in [0.29, 0.717) is 24.7 Å². The third kappa shape index (κ3) is 3.80. The van der Waals surface area contributed by atoms with Gasteiger partial charge in [-0.05, 0) is 49.3 Å². The van der Waals surface area contributed by atoms with Gasteiger partial charge >= 0.3 is 0 Å².